The molecule has 116 valence electrons. The Balaban J connectivity index is 3.98. The number of amides is 2. The average molecular weight is 306 g/mol. The lowest BCUT2D eigenvalue weighted by Crippen LogP contribution is -2.49. The zero-order valence-electron chi connectivity index (χ0n) is 11.2. The molecule has 0 bridgehead atoms. The molecular weight excluding hydrogens is 284 g/mol. The highest BCUT2D eigenvalue weighted by Gasteiger charge is 2.19. The van der Waals surface area contributed by atoms with Crippen molar-refractivity contribution in [1.29, 1.82) is 0 Å². The molecule has 0 rings (SSSR count). The fourth-order valence-corrected chi connectivity index (χ4v) is 1.62. The third kappa shape index (κ3) is 7.97. The highest BCUT2D eigenvalue weighted by molar-refractivity contribution is 7.80. The van der Waals surface area contributed by atoms with Crippen molar-refractivity contribution in [3.05, 3.63) is 0 Å². The van der Waals surface area contributed by atoms with E-state index in [-0.39, 0.29) is 12.3 Å². The first-order chi connectivity index (χ1) is 9.42. The van der Waals surface area contributed by atoms with Crippen molar-refractivity contribution in [3.63, 3.8) is 0 Å². The van der Waals surface area contributed by atoms with Crippen molar-refractivity contribution in [2.24, 2.45) is 11.5 Å². The summed E-state index contributed by atoms with van der Waals surface area (Å²) < 4.78 is 0. The van der Waals surface area contributed by atoms with E-state index >= 15 is 0 Å². The predicted octanol–water partition coefficient (Wildman–Crippen LogP) is -1.94. The zero-order valence-corrected chi connectivity index (χ0v) is 12.1. The first-order valence-electron chi connectivity index (χ1n) is 6.28. The lowest BCUT2D eigenvalue weighted by Gasteiger charge is -2.14. The van der Waals surface area contributed by atoms with Crippen LogP contribution < -0.4 is 22.1 Å². The number of unbranched alkanes of at least 4 members (excludes halogenated alkanes) is 1. The molecule has 2 atom stereocenters. The third-order valence-electron chi connectivity index (χ3n) is 2.55. The molecule has 0 aliphatic rings. The van der Waals surface area contributed by atoms with Crippen LogP contribution in [0.5, 0.6) is 0 Å². The number of carbonyl (C=O) groups excluding carboxylic acids is 2. The smallest absolute Gasteiger partial charge is 0.327 e. The van der Waals surface area contributed by atoms with E-state index in [9.17, 15) is 14.4 Å². The standard InChI is InChI=1S/C11H22N4O4S/c12-4-2-1-3-7(13)10(17)14-5-9(16)15-8(6-20)11(18)19/h7-8,20H,1-6,12-13H2,(H,14,17)(H,15,16)(H,18,19). The molecule has 0 saturated carbocycles. The van der Waals surface area contributed by atoms with E-state index in [4.69, 9.17) is 16.6 Å². The summed E-state index contributed by atoms with van der Waals surface area (Å²) in [5, 5.41) is 13.3. The van der Waals surface area contributed by atoms with Crippen molar-refractivity contribution < 1.29 is 19.5 Å². The van der Waals surface area contributed by atoms with Gasteiger partial charge in [-0.2, -0.15) is 12.6 Å². The molecule has 0 aromatic carbocycles. The summed E-state index contributed by atoms with van der Waals surface area (Å²) >= 11 is 3.81. The summed E-state index contributed by atoms with van der Waals surface area (Å²) in [4.78, 5) is 33.7. The second-order valence-electron chi connectivity index (χ2n) is 4.25. The van der Waals surface area contributed by atoms with Crippen molar-refractivity contribution in [2.75, 3.05) is 18.8 Å². The Kier molecular flexibility index (Phi) is 9.77. The van der Waals surface area contributed by atoms with E-state index in [0.717, 1.165) is 12.8 Å². The molecule has 9 heteroatoms. The Labute approximate surface area is 123 Å². The average Bonchev–Trinajstić information content (AvgIpc) is 2.41. The van der Waals surface area contributed by atoms with Crippen molar-refractivity contribution >= 4 is 30.4 Å². The zero-order chi connectivity index (χ0) is 15.5. The molecule has 0 aromatic heterocycles. The van der Waals surface area contributed by atoms with Gasteiger partial charge in [0.25, 0.3) is 0 Å². The molecule has 2 unspecified atom stereocenters. The molecule has 0 radical (unpaired) electrons. The maximum absolute atomic E-state index is 11.6. The minimum Gasteiger partial charge on any atom is -0.480 e. The largest absolute Gasteiger partial charge is 0.480 e. The van der Waals surface area contributed by atoms with Crippen LogP contribution in [0.4, 0.5) is 0 Å². The SMILES string of the molecule is NCCCCC(N)C(=O)NCC(=O)NC(CS)C(=O)O. The first kappa shape index (κ1) is 18.7. The number of hydrogen-bond acceptors (Lipinski definition) is 6. The Morgan fingerprint density at radius 3 is 2.40 bits per heavy atom. The molecule has 0 heterocycles. The van der Waals surface area contributed by atoms with Gasteiger partial charge in [-0.15, -0.1) is 0 Å². The summed E-state index contributed by atoms with van der Waals surface area (Å²) in [6, 6.07) is -1.78. The highest BCUT2D eigenvalue weighted by Crippen LogP contribution is 1.97. The van der Waals surface area contributed by atoms with Crippen LogP contribution in [0.1, 0.15) is 19.3 Å². The van der Waals surface area contributed by atoms with E-state index in [1.807, 2.05) is 0 Å². The normalized spacial score (nSPS) is 13.3. The highest BCUT2D eigenvalue weighted by atomic mass is 32.1. The lowest BCUT2D eigenvalue weighted by molar-refractivity contribution is -0.141. The van der Waals surface area contributed by atoms with Gasteiger partial charge in [0.05, 0.1) is 12.6 Å². The minimum absolute atomic E-state index is 0.0341. The number of nitrogens with two attached hydrogens (primary N) is 2. The van der Waals surface area contributed by atoms with Gasteiger partial charge in [-0.25, -0.2) is 4.79 Å². The Morgan fingerprint density at radius 2 is 1.90 bits per heavy atom. The number of aliphatic carboxylic acids is 1. The van der Waals surface area contributed by atoms with Gasteiger partial charge in [0, 0.05) is 5.75 Å². The molecule has 0 aliphatic heterocycles. The van der Waals surface area contributed by atoms with Crippen molar-refractivity contribution in [3.8, 4) is 0 Å². The molecule has 0 saturated heterocycles. The van der Waals surface area contributed by atoms with E-state index in [2.05, 4.69) is 23.3 Å². The summed E-state index contributed by atoms with van der Waals surface area (Å²) in [7, 11) is 0. The quantitative estimate of drug-likeness (QED) is 0.204. The summed E-state index contributed by atoms with van der Waals surface area (Å²) in [5.41, 5.74) is 11.0. The number of carbonyl (C=O) groups is 3. The number of hydrogen-bond donors (Lipinski definition) is 6. The molecular formula is C11H22N4O4S. The molecule has 0 aromatic rings. The maximum atomic E-state index is 11.6. The number of carboxylic acid groups (broad SMARTS) is 1. The van der Waals surface area contributed by atoms with Crippen LogP contribution in [0.3, 0.4) is 0 Å². The van der Waals surface area contributed by atoms with Gasteiger partial charge in [0.1, 0.15) is 6.04 Å². The predicted molar refractivity (Wildman–Crippen MR) is 77.3 cm³/mol. The second kappa shape index (κ2) is 10.5. The van der Waals surface area contributed by atoms with Crippen molar-refractivity contribution in [2.45, 2.75) is 31.3 Å². The molecule has 2 amide bonds. The lowest BCUT2D eigenvalue weighted by atomic mass is 10.1. The summed E-state index contributed by atoms with van der Waals surface area (Å²) in [6.45, 7) is 0.220. The van der Waals surface area contributed by atoms with Crippen LogP contribution in [0, 0.1) is 0 Å². The van der Waals surface area contributed by atoms with Gasteiger partial charge >= 0.3 is 5.97 Å². The summed E-state index contributed by atoms with van der Waals surface area (Å²) in [5.74, 6) is -2.27. The monoisotopic (exact) mass is 306 g/mol. The first-order valence-corrected chi connectivity index (χ1v) is 6.92. The van der Waals surface area contributed by atoms with Gasteiger partial charge in [0.15, 0.2) is 0 Å². The van der Waals surface area contributed by atoms with Crippen LogP contribution in [-0.2, 0) is 14.4 Å². The molecule has 0 spiro atoms. The Bertz CT molecular complexity index is 340. The molecule has 7 N–H and O–H groups in total. The number of carboxylic acids is 1. The number of rotatable bonds is 10. The van der Waals surface area contributed by atoms with Gasteiger partial charge in [-0.1, -0.05) is 6.42 Å². The summed E-state index contributed by atoms with van der Waals surface area (Å²) in [6.07, 6.45) is 2.00. The molecule has 0 fully saturated rings. The van der Waals surface area contributed by atoms with Gasteiger partial charge in [-0.05, 0) is 19.4 Å². The van der Waals surface area contributed by atoms with Crippen LogP contribution >= 0.6 is 12.6 Å². The second-order valence-corrected chi connectivity index (χ2v) is 4.61. The Hall–Kier alpha value is -1.32. The third-order valence-corrected chi connectivity index (χ3v) is 2.91. The van der Waals surface area contributed by atoms with E-state index in [0.29, 0.717) is 13.0 Å². The minimum atomic E-state index is -1.18. The van der Waals surface area contributed by atoms with Crippen LogP contribution in [0.15, 0.2) is 0 Å². The fourth-order valence-electron chi connectivity index (χ4n) is 1.37. The maximum Gasteiger partial charge on any atom is 0.327 e. The van der Waals surface area contributed by atoms with Crippen LogP contribution in [-0.4, -0.2) is 53.8 Å². The molecule has 0 aliphatic carbocycles. The topological polar surface area (TPSA) is 148 Å². The fraction of sp³-hybridized carbons (Fsp3) is 0.727. The molecule has 20 heavy (non-hydrogen) atoms. The Morgan fingerprint density at radius 1 is 1.25 bits per heavy atom. The van der Waals surface area contributed by atoms with Gasteiger partial charge < -0.3 is 27.2 Å². The van der Waals surface area contributed by atoms with Gasteiger partial charge in [-0.3, -0.25) is 9.59 Å². The molecule has 8 nitrogen and oxygen atoms in total. The number of nitrogens with one attached hydrogen (secondary N) is 2. The number of thiol groups is 1. The van der Waals surface area contributed by atoms with E-state index in [1.54, 1.807) is 0 Å². The van der Waals surface area contributed by atoms with Gasteiger partial charge in [0.2, 0.25) is 11.8 Å². The van der Waals surface area contributed by atoms with E-state index < -0.39 is 29.9 Å². The van der Waals surface area contributed by atoms with Crippen molar-refractivity contribution in [1.82, 2.24) is 10.6 Å². The van der Waals surface area contributed by atoms with Crippen LogP contribution in [0.2, 0.25) is 0 Å². The van der Waals surface area contributed by atoms with E-state index in [1.165, 1.54) is 0 Å². The van der Waals surface area contributed by atoms with Crippen LogP contribution in [0.25, 0.3) is 0 Å².